The number of piperidine rings is 1. The number of rotatable bonds is 5. The zero-order valence-corrected chi connectivity index (χ0v) is 18.7. The lowest BCUT2D eigenvalue weighted by molar-refractivity contribution is -0.147. The number of amidine groups is 1. The maximum Gasteiger partial charge on any atom is 0.185 e. The molecule has 0 radical (unpaired) electrons. The maximum absolute atomic E-state index is 10.9. The van der Waals surface area contributed by atoms with Crippen molar-refractivity contribution in [3.8, 4) is 6.19 Å². The van der Waals surface area contributed by atoms with Gasteiger partial charge in [-0.1, -0.05) is 30.3 Å². The number of nitriles is 1. The Morgan fingerprint density at radius 2 is 1.84 bits per heavy atom. The molecule has 1 aliphatic heterocycles. The number of hydrogen-bond donors (Lipinski definition) is 2. The molecule has 3 unspecified atom stereocenters. The zero-order valence-electron chi connectivity index (χ0n) is 18.7. The van der Waals surface area contributed by atoms with Gasteiger partial charge in [-0.05, 0) is 101 Å². The third kappa shape index (κ3) is 4.01. The molecule has 31 heavy (non-hydrogen) atoms. The molecule has 166 valence electrons. The van der Waals surface area contributed by atoms with Crippen LogP contribution in [0.15, 0.2) is 30.3 Å². The van der Waals surface area contributed by atoms with Gasteiger partial charge in [0, 0.05) is 0 Å². The first-order chi connectivity index (χ1) is 15.0. The van der Waals surface area contributed by atoms with Gasteiger partial charge in [0.1, 0.15) is 5.84 Å². The van der Waals surface area contributed by atoms with E-state index in [1.54, 1.807) is 4.90 Å². The quantitative estimate of drug-likeness (QED) is 0.326. The minimum Gasteiger partial charge on any atom is -0.390 e. The Kier molecular flexibility index (Phi) is 5.56. The van der Waals surface area contributed by atoms with E-state index in [9.17, 15) is 10.4 Å². The molecule has 1 saturated heterocycles. The highest BCUT2D eigenvalue weighted by atomic mass is 16.3. The molecule has 5 aliphatic rings. The highest BCUT2D eigenvalue weighted by molar-refractivity contribution is 5.86. The van der Waals surface area contributed by atoms with E-state index in [-0.39, 0.29) is 12.1 Å². The molecular formula is C26H36N4O. The number of benzene rings is 1. The van der Waals surface area contributed by atoms with Gasteiger partial charge < -0.3 is 5.11 Å². The summed E-state index contributed by atoms with van der Waals surface area (Å²) in [6.07, 6.45) is 10.7. The van der Waals surface area contributed by atoms with E-state index >= 15 is 0 Å². The van der Waals surface area contributed by atoms with Crippen LogP contribution in [-0.4, -0.2) is 51.5 Å². The van der Waals surface area contributed by atoms with Gasteiger partial charge in [0.2, 0.25) is 0 Å². The van der Waals surface area contributed by atoms with Crippen LogP contribution in [0.4, 0.5) is 0 Å². The Morgan fingerprint density at radius 1 is 1.19 bits per heavy atom. The van der Waals surface area contributed by atoms with Crippen LogP contribution in [0.25, 0.3) is 0 Å². The molecule has 1 heterocycles. The summed E-state index contributed by atoms with van der Waals surface area (Å²) in [5.74, 6) is 2.51. The van der Waals surface area contributed by atoms with Gasteiger partial charge in [0.15, 0.2) is 6.19 Å². The highest BCUT2D eigenvalue weighted by Crippen LogP contribution is 2.57. The van der Waals surface area contributed by atoms with E-state index in [0.29, 0.717) is 29.5 Å². The van der Waals surface area contributed by atoms with Crippen molar-refractivity contribution < 1.29 is 5.11 Å². The first-order valence-electron chi connectivity index (χ1n) is 12.2. The molecule has 4 bridgehead atoms. The Balaban J connectivity index is 1.20. The van der Waals surface area contributed by atoms with Crippen molar-refractivity contribution in [3.05, 3.63) is 35.9 Å². The van der Waals surface area contributed by atoms with Gasteiger partial charge in [-0.2, -0.15) is 5.26 Å². The molecule has 2 N–H and O–H groups in total. The molecular weight excluding hydrogens is 384 g/mol. The largest absolute Gasteiger partial charge is 0.390 e. The molecule has 4 aliphatic carbocycles. The third-order valence-electron chi connectivity index (χ3n) is 8.82. The summed E-state index contributed by atoms with van der Waals surface area (Å²) < 4.78 is 0. The van der Waals surface area contributed by atoms with Crippen molar-refractivity contribution in [2.24, 2.45) is 23.7 Å². The second-order valence-corrected chi connectivity index (χ2v) is 10.9. The molecule has 4 saturated carbocycles. The number of nitrogens with one attached hydrogen (secondary N) is 1. The first kappa shape index (κ1) is 21.0. The summed E-state index contributed by atoms with van der Waals surface area (Å²) in [7, 11) is 0. The van der Waals surface area contributed by atoms with Crippen molar-refractivity contribution in [1.29, 1.82) is 10.7 Å². The van der Waals surface area contributed by atoms with Gasteiger partial charge >= 0.3 is 0 Å². The van der Waals surface area contributed by atoms with Crippen LogP contribution in [0, 0.1) is 40.5 Å². The SMILES string of the molecule is CC(C(=N)N(C#N)C1C2CC3CC1CC(O)(C3)C2)N1CCC(Cc2ccccc2)CC1. The normalized spacial score (nSPS) is 36.2. The number of likely N-dealkylation sites (tertiary alicyclic amines) is 1. The van der Waals surface area contributed by atoms with Crippen molar-refractivity contribution in [2.45, 2.75) is 76.0 Å². The van der Waals surface area contributed by atoms with E-state index in [1.807, 2.05) is 0 Å². The molecule has 0 amide bonds. The third-order valence-corrected chi connectivity index (χ3v) is 8.82. The second-order valence-electron chi connectivity index (χ2n) is 10.9. The average Bonchev–Trinajstić information content (AvgIpc) is 2.75. The number of nitrogens with zero attached hydrogens (tertiary/aromatic N) is 3. The number of aliphatic hydroxyl groups is 1. The van der Waals surface area contributed by atoms with Crippen molar-refractivity contribution in [1.82, 2.24) is 9.80 Å². The molecule has 1 aromatic carbocycles. The van der Waals surface area contributed by atoms with Crippen LogP contribution < -0.4 is 0 Å². The van der Waals surface area contributed by atoms with Gasteiger partial charge in [0.25, 0.3) is 0 Å². The summed E-state index contributed by atoms with van der Waals surface area (Å²) >= 11 is 0. The minimum absolute atomic E-state index is 0.0300. The van der Waals surface area contributed by atoms with Gasteiger partial charge in [-0.3, -0.25) is 15.2 Å². The lowest BCUT2D eigenvalue weighted by Gasteiger charge is -2.59. The maximum atomic E-state index is 10.9. The van der Waals surface area contributed by atoms with Gasteiger partial charge in [-0.15, -0.1) is 0 Å². The fraction of sp³-hybridized carbons (Fsp3) is 0.692. The lowest BCUT2D eigenvalue weighted by Crippen LogP contribution is -2.63. The second kappa shape index (κ2) is 8.22. The highest BCUT2D eigenvalue weighted by Gasteiger charge is 2.57. The van der Waals surface area contributed by atoms with Crippen molar-refractivity contribution in [2.75, 3.05) is 13.1 Å². The molecule has 6 rings (SSSR count). The Morgan fingerprint density at radius 3 is 2.42 bits per heavy atom. The van der Waals surface area contributed by atoms with Crippen LogP contribution in [0.3, 0.4) is 0 Å². The van der Waals surface area contributed by atoms with Crippen LogP contribution in [-0.2, 0) is 6.42 Å². The molecule has 5 heteroatoms. The smallest absolute Gasteiger partial charge is 0.185 e. The van der Waals surface area contributed by atoms with Crippen LogP contribution >= 0.6 is 0 Å². The Labute approximate surface area is 186 Å². The zero-order chi connectivity index (χ0) is 21.6. The van der Waals surface area contributed by atoms with Gasteiger partial charge in [0.05, 0.1) is 17.7 Å². The van der Waals surface area contributed by atoms with E-state index in [1.165, 1.54) is 5.56 Å². The average molecular weight is 421 g/mol. The van der Waals surface area contributed by atoms with E-state index in [0.717, 1.165) is 64.5 Å². The fourth-order valence-corrected chi connectivity index (χ4v) is 7.52. The standard InChI is InChI=1S/C26H36N4O/c1-18(29-9-7-20(8-10-29)11-19-5-3-2-4-6-19)25(28)30(17-27)24-22-12-21-13-23(24)16-26(31,14-21)15-22/h2-6,18,20-24,28,31H,7-16H2,1H3. The molecule has 5 fully saturated rings. The molecule has 1 aromatic rings. The molecule has 5 nitrogen and oxygen atoms in total. The predicted molar refractivity (Wildman–Crippen MR) is 121 cm³/mol. The summed E-state index contributed by atoms with van der Waals surface area (Å²) in [5, 5.41) is 29.9. The van der Waals surface area contributed by atoms with Crippen molar-refractivity contribution in [3.63, 3.8) is 0 Å². The summed E-state index contributed by atoms with van der Waals surface area (Å²) in [6.45, 7) is 4.10. The Bertz CT molecular complexity index is 825. The summed E-state index contributed by atoms with van der Waals surface area (Å²) in [5.41, 5.74) is 0.920. The van der Waals surface area contributed by atoms with Crippen molar-refractivity contribution >= 4 is 5.84 Å². The lowest BCUT2D eigenvalue weighted by atomic mass is 9.52. The van der Waals surface area contributed by atoms with Crippen LogP contribution in [0.5, 0.6) is 0 Å². The first-order valence-corrected chi connectivity index (χ1v) is 12.2. The van der Waals surface area contributed by atoms with E-state index in [4.69, 9.17) is 5.41 Å². The minimum atomic E-state index is -0.497. The predicted octanol–water partition coefficient (Wildman–Crippen LogP) is 4.03. The molecule has 0 spiro atoms. The summed E-state index contributed by atoms with van der Waals surface area (Å²) in [6, 6.07) is 10.8. The molecule has 3 atom stereocenters. The van der Waals surface area contributed by atoms with Gasteiger partial charge in [-0.25, -0.2) is 0 Å². The monoisotopic (exact) mass is 420 g/mol. The topological polar surface area (TPSA) is 74.3 Å². The van der Waals surface area contributed by atoms with E-state index in [2.05, 4.69) is 48.3 Å². The van der Waals surface area contributed by atoms with E-state index < -0.39 is 5.60 Å². The number of hydrogen-bond acceptors (Lipinski definition) is 4. The fourth-order valence-electron chi connectivity index (χ4n) is 7.52. The molecule has 0 aromatic heterocycles. The summed E-state index contributed by atoms with van der Waals surface area (Å²) in [4.78, 5) is 4.15. The van der Waals surface area contributed by atoms with Crippen LogP contribution in [0.1, 0.15) is 57.4 Å². The van der Waals surface area contributed by atoms with Crippen LogP contribution in [0.2, 0.25) is 0 Å². The Hall–Kier alpha value is -1.90.